The normalized spacial score (nSPS) is 14.1. The lowest BCUT2D eigenvalue weighted by atomic mass is 10.1. The molecule has 0 saturated carbocycles. The predicted octanol–water partition coefficient (Wildman–Crippen LogP) is 4.56. The second-order valence-electron chi connectivity index (χ2n) is 6.79. The van der Waals surface area contributed by atoms with Crippen LogP contribution in [0.3, 0.4) is 0 Å². The van der Waals surface area contributed by atoms with Gasteiger partial charge in [0.25, 0.3) is 11.8 Å². The van der Waals surface area contributed by atoms with Crippen LogP contribution in [0.2, 0.25) is 0 Å². The Morgan fingerprint density at radius 1 is 0.897 bits per heavy atom. The number of carbonyl (C=O) groups is 2. The lowest BCUT2D eigenvalue weighted by Crippen LogP contribution is -2.31. The van der Waals surface area contributed by atoms with Crippen molar-refractivity contribution in [2.24, 2.45) is 0 Å². The van der Waals surface area contributed by atoms with E-state index in [1.165, 1.54) is 16.7 Å². The Labute approximate surface area is 173 Å². The molecule has 0 aliphatic carbocycles. The molecule has 2 amide bonds. The molecule has 3 aromatic rings. The second-order valence-corrected chi connectivity index (χ2v) is 7.78. The first-order valence-corrected chi connectivity index (χ1v) is 10.2. The van der Waals surface area contributed by atoms with Gasteiger partial charge in [0.15, 0.2) is 0 Å². The zero-order valence-corrected chi connectivity index (χ0v) is 17.0. The third-order valence-electron chi connectivity index (χ3n) is 4.67. The lowest BCUT2D eigenvalue weighted by Gasteiger charge is -2.17. The molecule has 4 rings (SSSR count). The Morgan fingerprint density at radius 3 is 2.24 bits per heavy atom. The first-order valence-electron chi connectivity index (χ1n) is 9.17. The van der Waals surface area contributed by atoms with Crippen LogP contribution >= 0.6 is 11.8 Å². The Hall–Kier alpha value is -3.25. The molecule has 1 aliphatic heterocycles. The van der Waals surface area contributed by atoms with Crippen LogP contribution in [-0.2, 0) is 15.3 Å². The minimum atomic E-state index is -0.305. The Balaban J connectivity index is 1.70. The van der Waals surface area contributed by atoms with Crippen molar-refractivity contribution in [3.63, 3.8) is 0 Å². The van der Waals surface area contributed by atoms with Crippen molar-refractivity contribution < 1.29 is 14.0 Å². The molecule has 146 valence electrons. The summed E-state index contributed by atoms with van der Waals surface area (Å²) in [6.07, 6.45) is 1.60. The minimum Gasteiger partial charge on any atom is -0.468 e. The van der Waals surface area contributed by atoms with Gasteiger partial charge < -0.3 is 9.32 Å². The highest BCUT2D eigenvalue weighted by atomic mass is 32.2. The lowest BCUT2D eigenvalue weighted by molar-refractivity contribution is -0.119. The van der Waals surface area contributed by atoms with Gasteiger partial charge >= 0.3 is 0 Å². The molecule has 0 spiro atoms. The summed E-state index contributed by atoms with van der Waals surface area (Å²) in [5, 5.41) is 0. The van der Waals surface area contributed by atoms with E-state index in [-0.39, 0.29) is 11.8 Å². The molecule has 0 fully saturated rings. The van der Waals surface area contributed by atoms with Crippen molar-refractivity contribution in [1.82, 2.24) is 0 Å². The van der Waals surface area contributed by atoms with E-state index in [1.54, 1.807) is 18.4 Å². The van der Waals surface area contributed by atoms with Crippen molar-refractivity contribution in [3.05, 3.63) is 89.2 Å². The average Bonchev–Trinajstić information content (AvgIpc) is 3.33. The van der Waals surface area contributed by atoms with Crippen molar-refractivity contribution in [1.29, 1.82) is 0 Å². The molecule has 6 heteroatoms. The topological polar surface area (TPSA) is 53.8 Å². The number of amides is 2. The summed E-state index contributed by atoms with van der Waals surface area (Å²) in [7, 11) is 3.89. The molecular formula is C23H20N2O3S. The summed E-state index contributed by atoms with van der Waals surface area (Å²) >= 11 is 1.33. The number of nitrogens with zero attached hydrogens (tertiary/aromatic N) is 2. The van der Waals surface area contributed by atoms with Crippen LogP contribution in [0.5, 0.6) is 0 Å². The second kappa shape index (κ2) is 8.01. The maximum Gasteiger partial charge on any atom is 0.272 e. The van der Waals surface area contributed by atoms with Gasteiger partial charge in [0.05, 0.1) is 28.2 Å². The van der Waals surface area contributed by atoms with Gasteiger partial charge in [-0.3, -0.25) is 9.59 Å². The van der Waals surface area contributed by atoms with Crippen LogP contribution in [-0.4, -0.2) is 25.9 Å². The zero-order chi connectivity index (χ0) is 20.4. The van der Waals surface area contributed by atoms with Crippen LogP contribution in [0, 0.1) is 0 Å². The maximum absolute atomic E-state index is 13.3. The molecule has 5 nitrogen and oxygen atoms in total. The quantitative estimate of drug-likeness (QED) is 0.564. The highest BCUT2D eigenvalue weighted by molar-refractivity contribution is 8.03. The van der Waals surface area contributed by atoms with Crippen molar-refractivity contribution >= 4 is 40.5 Å². The number of hydrogen-bond donors (Lipinski definition) is 0. The SMILES string of the molecule is CN(C)c1ccc(N2C(=O)C(SCc3ccco3)=C(c3ccccc3)C2=O)cc1. The van der Waals surface area contributed by atoms with E-state index in [0.29, 0.717) is 21.9 Å². The molecule has 1 aliphatic rings. The van der Waals surface area contributed by atoms with Gasteiger partial charge in [-0.05, 0) is 42.0 Å². The Kier molecular flexibility index (Phi) is 5.27. The number of benzene rings is 2. The van der Waals surface area contributed by atoms with Crippen LogP contribution in [0.15, 0.2) is 82.3 Å². The molecule has 0 radical (unpaired) electrons. The van der Waals surface area contributed by atoms with Crippen LogP contribution in [0.1, 0.15) is 11.3 Å². The number of carbonyl (C=O) groups excluding carboxylic acids is 2. The number of thioether (sulfide) groups is 1. The summed E-state index contributed by atoms with van der Waals surface area (Å²) < 4.78 is 5.39. The Bertz CT molecular complexity index is 1060. The van der Waals surface area contributed by atoms with Gasteiger partial charge in [-0.2, -0.15) is 0 Å². The summed E-state index contributed by atoms with van der Waals surface area (Å²) in [6, 6.07) is 20.4. The average molecular weight is 404 g/mol. The predicted molar refractivity (Wildman–Crippen MR) is 117 cm³/mol. The van der Waals surface area contributed by atoms with Gasteiger partial charge in [0, 0.05) is 19.8 Å². The van der Waals surface area contributed by atoms with Gasteiger partial charge in [-0.1, -0.05) is 30.3 Å². The number of anilines is 2. The van der Waals surface area contributed by atoms with Gasteiger partial charge in [-0.25, -0.2) is 4.90 Å². The molecule has 2 aromatic carbocycles. The highest BCUT2D eigenvalue weighted by Crippen LogP contribution is 2.39. The van der Waals surface area contributed by atoms with Crippen molar-refractivity contribution in [3.8, 4) is 0 Å². The fraction of sp³-hybridized carbons (Fsp3) is 0.130. The smallest absolute Gasteiger partial charge is 0.272 e. The highest BCUT2D eigenvalue weighted by Gasteiger charge is 2.40. The fourth-order valence-corrected chi connectivity index (χ4v) is 4.19. The van der Waals surface area contributed by atoms with E-state index in [2.05, 4.69) is 0 Å². The van der Waals surface area contributed by atoms with Gasteiger partial charge in [0.1, 0.15) is 5.76 Å². The Morgan fingerprint density at radius 2 is 1.62 bits per heavy atom. The standard InChI is InChI=1S/C23H20N2O3S/c1-24(2)17-10-12-18(13-11-17)25-22(26)20(16-7-4-3-5-8-16)21(23(25)27)29-15-19-9-6-14-28-19/h3-14H,15H2,1-2H3. The van der Waals surface area contributed by atoms with E-state index in [9.17, 15) is 9.59 Å². The van der Waals surface area contributed by atoms with Crippen LogP contribution in [0.4, 0.5) is 11.4 Å². The maximum atomic E-state index is 13.3. The molecule has 1 aromatic heterocycles. The minimum absolute atomic E-state index is 0.303. The van der Waals surface area contributed by atoms with Crippen LogP contribution in [0.25, 0.3) is 5.57 Å². The largest absolute Gasteiger partial charge is 0.468 e. The van der Waals surface area contributed by atoms with Crippen LogP contribution < -0.4 is 9.80 Å². The summed E-state index contributed by atoms with van der Waals surface area (Å²) in [5.41, 5.74) is 2.73. The molecule has 0 unspecified atom stereocenters. The van der Waals surface area contributed by atoms with Crippen molar-refractivity contribution in [2.45, 2.75) is 5.75 Å². The zero-order valence-electron chi connectivity index (χ0n) is 16.2. The van der Waals surface area contributed by atoms with E-state index < -0.39 is 0 Å². The summed E-state index contributed by atoms with van der Waals surface area (Å²) in [5.74, 6) is 0.623. The molecule has 0 atom stereocenters. The summed E-state index contributed by atoms with van der Waals surface area (Å²) in [6.45, 7) is 0. The monoisotopic (exact) mass is 404 g/mol. The number of rotatable bonds is 6. The first kappa shape index (κ1) is 19.1. The molecule has 2 heterocycles. The summed E-state index contributed by atoms with van der Waals surface area (Å²) in [4.78, 5) is 30.2. The van der Waals surface area contributed by atoms with E-state index in [1.807, 2.05) is 73.6 Å². The first-order chi connectivity index (χ1) is 14.1. The molecule has 29 heavy (non-hydrogen) atoms. The third-order valence-corrected chi connectivity index (χ3v) is 5.76. The number of hydrogen-bond acceptors (Lipinski definition) is 5. The number of imide groups is 1. The van der Waals surface area contributed by atoms with Gasteiger partial charge in [0.2, 0.25) is 0 Å². The van der Waals surface area contributed by atoms with E-state index in [0.717, 1.165) is 17.0 Å². The van der Waals surface area contributed by atoms with E-state index in [4.69, 9.17) is 4.42 Å². The molecule has 0 N–H and O–H groups in total. The van der Waals surface area contributed by atoms with E-state index >= 15 is 0 Å². The number of furan rings is 1. The van der Waals surface area contributed by atoms with Crippen molar-refractivity contribution in [2.75, 3.05) is 23.9 Å². The fourth-order valence-electron chi connectivity index (χ4n) is 3.18. The van der Waals surface area contributed by atoms with Gasteiger partial charge in [-0.15, -0.1) is 11.8 Å². The third kappa shape index (κ3) is 3.71. The molecule has 0 bridgehead atoms. The molecule has 0 saturated heterocycles. The molecular weight excluding hydrogens is 384 g/mol.